The predicted molar refractivity (Wildman–Crippen MR) is 68.2 cm³/mol. The van der Waals surface area contributed by atoms with E-state index in [-0.39, 0.29) is 5.69 Å². The van der Waals surface area contributed by atoms with Crippen LogP contribution in [0.15, 0.2) is 41.5 Å². The molecule has 0 fully saturated rings. The molecule has 96 valence electrons. The van der Waals surface area contributed by atoms with Gasteiger partial charge in [0.1, 0.15) is 11.6 Å². The third kappa shape index (κ3) is 1.77. The van der Waals surface area contributed by atoms with E-state index in [4.69, 9.17) is 4.74 Å². The molecule has 0 unspecified atom stereocenters. The number of ether oxygens (including phenoxy) is 1. The molecule has 0 aliphatic heterocycles. The zero-order valence-electron chi connectivity index (χ0n) is 10.1. The summed E-state index contributed by atoms with van der Waals surface area (Å²) in [6.45, 7) is 0. The van der Waals surface area contributed by atoms with Gasteiger partial charge in [0.2, 0.25) is 0 Å². The molecule has 0 spiro atoms. The molecule has 2 heterocycles. The molecule has 0 aliphatic carbocycles. The van der Waals surface area contributed by atoms with E-state index >= 15 is 0 Å². The highest BCUT2D eigenvalue weighted by Crippen LogP contribution is 2.22. The molecule has 0 aliphatic rings. The minimum Gasteiger partial charge on any atom is -0.497 e. The topological polar surface area (TPSA) is 59.9 Å². The Labute approximate surface area is 107 Å². The molecular formula is C13H10FN3O2. The summed E-state index contributed by atoms with van der Waals surface area (Å²) in [4.78, 5) is 18.6. The first-order valence-corrected chi connectivity index (χ1v) is 5.59. The van der Waals surface area contributed by atoms with Crippen molar-refractivity contribution < 1.29 is 9.13 Å². The molecule has 5 nitrogen and oxygen atoms in total. The van der Waals surface area contributed by atoms with Gasteiger partial charge >= 0.3 is 5.69 Å². The van der Waals surface area contributed by atoms with Gasteiger partial charge < -0.3 is 9.72 Å². The summed E-state index contributed by atoms with van der Waals surface area (Å²) in [7, 11) is 1.48. The zero-order valence-corrected chi connectivity index (χ0v) is 10.1. The lowest BCUT2D eigenvalue weighted by molar-refractivity contribution is 0.413. The number of halogens is 1. The van der Waals surface area contributed by atoms with E-state index in [1.54, 1.807) is 12.3 Å². The van der Waals surface area contributed by atoms with Gasteiger partial charge in [-0.05, 0) is 18.2 Å². The SMILES string of the molecule is COc1ccc(F)c(-n2c(=O)[nH]c3ccncc32)c1. The van der Waals surface area contributed by atoms with Crippen LogP contribution in [0.5, 0.6) is 5.75 Å². The number of pyridine rings is 1. The molecule has 0 atom stereocenters. The van der Waals surface area contributed by atoms with Crippen LogP contribution in [0.2, 0.25) is 0 Å². The van der Waals surface area contributed by atoms with Gasteiger partial charge in [-0.1, -0.05) is 0 Å². The first kappa shape index (κ1) is 11.5. The number of nitrogens with one attached hydrogen (secondary N) is 1. The highest BCUT2D eigenvalue weighted by Gasteiger charge is 2.13. The average molecular weight is 259 g/mol. The minimum absolute atomic E-state index is 0.128. The molecule has 19 heavy (non-hydrogen) atoms. The van der Waals surface area contributed by atoms with Crippen LogP contribution >= 0.6 is 0 Å². The second-order valence-corrected chi connectivity index (χ2v) is 3.98. The number of hydrogen-bond donors (Lipinski definition) is 1. The molecule has 0 amide bonds. The number of benzene rings is 1. The van der Waals surface area contributed by atoms with Crippen molar-refractivity contribution in [3.63, 3.8) is 0 Å². The first-order chi connectivity index (χ1) is 9.20. The van der Waals surface area contributed by atoms with E-state index in [0.29, 0.717) is 16.8 Å². The van der Waals surface area contributed by atoms with Crippen LogP contribution in [-0.4, -0.2) is 21.6 Å². The van der Waals surface area contributed by atoms with E-state index in [1.165, 1.54) is 36.1 Å². The summed E-state index contributed by atoms with van der Waals surface area (Å²) in [5.74, 6) is -0.0332. The van der Waals surface area contributed by atoms with E-state index in [0.717, 1.165) is 0 Å². The highest BCUT2D eigenvalue weighted by atomic mass is 19.1. The molecule has 6 heteroatoms. The standard InChI is InChI=1S/C13H10FN3O2/c1-19-8-2-3-9(14)11(6-8)17-12-7-15-5-4-10(12)16-13(17)18/h2-7H,1H3,(H,16,18). The lowest BCUT2D eigenvalue weighted by Gasteiger charge is -2.07. The van der Waals surface area contributed by atoms with Crippen LogP contribution in [0.4, 0.5) is 4.39 Å². The first-order valence-electron chi connectivity index (χ1n) is 5.59. The van der Waals surface area contributed by atoms with Gasteiger partial charge in [0.05, 0.1) is 30.0 Å². The quantitative estimate of drug-likeness (QED) is 0.764. The minimum atomic E-state index is -0.507. The fourth-order valence-electron chi connectivity index (χ4n) is 1.98. The van der Waals surface area contributed by atoms with E-state index in [2.05, 4.69) is 9.97 Å². The molecule has 0 bridgehead atoms. The van der Waals surface area contributed by atoms with Gasteiger partial charge in [-0.3, -0.25) is 9.55 Å². The number of aromatic nitrogens is 3. The summed E-state index contributed by atoms with van der Waals surface area (Å²) in [5.41, 5.74) is 0.820. The Hall–Kier alpha value is -2.63. The average Bonchev–Trinajstić information content (AvgIpc) is 2.75. The lowest BCUT2D eigenvalue weighted by Crippen LogP contribution is -2.16. The summed E-state index contributed by atoms with van der Waals surface area (Å²) in [6, 6.07) is 5.88. The lowest BCUT2D eigenvalue weighted by atomic mass is 10.2. The summed E-state index contributed by atoms with van der Waals surface area (Å²) < 4.78 is 20.2. The van der Waals surface area contributed by atoms with Gasteiger partial charge in [-0.25, -0.2) is 9.18 Å². The van der Waals surface area contributed by atoms with Crippen molar-refractivity contribution in [2.75, 3.05) is 7.11 Å². The Balaban J connectivity index is 2.36. The normalized spacial score (nSPS) is 10.8. The van der Waals surface area contributed by atoms with Crippen molar-refractivity contribution in [3.8, 4) is 11.4 Å². The molecule has 0 saturated carbocycles. The van der Waals surface area contributed by atoms with Crippen molar-refractivity contribution in [2.24, 2.45) is 0 Å². The Kier molecular flexibility index (Phi) is 2.56. The number of rotatable bonds is 2. The van der Waals surface area contributed by atoms with Crippen LogP contribution < -0.4 is 10.4 Å². The second kappa shape index (κ2) is 4.24. The Morgan fingerprint density at radius 1 is 1.37 bits per heavy atom. The van der Waals surface area contributed by atoms with Crippen molar-refractivity contribution in [3.05, 3.63) is 53.0 Å². The number of imidazole rings is 1. The van der Waals surface area contributed by atoms with Crippen molar-refractivity contribution in [1.82, 2.24) is 14.5 Å². The number of aromatic amines is 1. The van der Waals surface area contributed by atoms with E-state index in [9.17, 15) is 9.18 Å². The molecule has 1 aromatic carbocycles. The monoisotopic (exact) mass is 259 g/mol. The van der Waals surface area contributed by atoms with Gasteiger partial charge in [0.25, 0.3) is 0 Å². The van der Waals surface area contributed by atoms with Crippen LogP contribution in [0.25, 0.3) is 16.7 Å². The Morgan fingerprint density at radius 2 is 2.21 bits per heavy atom. The third-order valence-corrected chi connectivity index (χ3v) is 2.88. The molecule has 3 rings (SSSR count). The van der Waals surface area contributed by atoms with Crippen molar-refractivity contribution in [2.45, 2.75) is 0 Å². The van der Waals surface area contributed by atoms with Crippen molar-refractivity contribution >= 4 is 11.0 Å². The molecule has 1 N–H and O–H groups in total. The van der Waals surface area contributed by atoms with Gasteiger partial charge in [-0.15, -0.1) is 0 Å². The zero-order chi connectivity index (χ0) is 13.4. The van der Waals surface area contributed by atoms with Crippen LogP contribution in [0, 0.1) is 5.82 Å². The van der Waals surface area contributed by atoms with Gasteiger partial charge in [-0.2, -0.15) is 0 Å². The summed E-state index contributed by atoms with van der Waals surface area (Å²) >= 11 is 0. The van der Waals surface area contributed by atoms with Crippen LogP contribution in [0.1, 0.15) is 0 Å². The molecule has 0 saturated heterocycles. The number of hydrogen-bond acceptors (Lipinski definition) is 3. The highest BCUT2D eigenvalue weighted by molar-refractivity contribution is 5.76. The fourth-order valence-corrected chi connectivity index (χ4v) is 1.98. The van der Waals surface area contributed by atoms with Gasteiger partial charge in [0, 0.05) is 12.3 Å². The maximum atomic E-state index is 13.9. The number of nitrogens with zero attached hydrogens (tertiary/aromatic N) is 2. The number of fused-ring (bicyclic) bond motifs is 1. The fraction of sp³-hybridized carbons (Fsp3) is 0.0769. The van der Waals surface area contributed by atoms with E-state index in [1.807, 2.05) is 0 Å². The smallest absolute Gasteiger partial charge is 0.331 e. The Morgan fingerprint density at radius 3 is 3.00 bits per heavy atom. The summed E-state index contributed by atoms with van der Waals surface area (Å²) in [5, 5.41) is 0. The number of H-pyrrole nitrogens is 1. The summed E-state index contributed by atoms with van der Waals surface area (Å²) in [6.07, 6.45) is 3.07. The molecule has 2 aromatic heterocycles. The maximum absolute atomic E-state index is 13.9. The van der Waals surface area contributed by atoms with Crippen LogP contribution in [0.3, 0.4) is 0 Å². The van der Waals surface area contributed by atoms with Crippen LogP contribution in [-0.2, 0) is 0 Å². The molecule has 0 radical (unpaired) electrons. The number of methoxy groups -OCH3 is 1. The van der Waals surface area contributed by atoms with Gasteiger partial charge in [0.15, 0.2) is 0 Å². The molecule has 3 aromatic rings. The largest absolute Gasteiger partial charge is 0.497 e. The maximum Gasteiger partial charge on any atom is 0.331 e. The Bertz CT molecular complexity index is 807. The molecular weight excluding hydrogens is 249 g/mol. The van der Waals surface area contributed by atoms with E-state index < -0.39 is 11.5 Å². The predicted octanol–water partition coefficient (Wildman–Crippen LogP) is 1.86. The third-order valence-electron chi connectivity index (χ3n) is 2.88. The second-order valence-electron chi connectivity index (χ2n) is 3.98. The van der Waals surface area contributed by atoms with Crippen molar-refractivity contribution in [1.29, 1.82) is 0 Å².